The van der Waals surface area contributed by atoms with Crippen LogP contribution in [0.15, 0.2) is 23.3 Å². The molecule has 3 fully saturated rings. The van der Waals surface area contributed by atoms with Crippen molar-refractivity contribution in [3.05, 3.63) is 23.3 Å². The molecule has 3 nitrogen and oxygen atoms in total. The van der Waals surface area contributed by atoms with Crippen LogP contribution < -0.4 is 0 Å². The van der Waals surface area contributed by atoms with Gasteiger partial charge in [-0.1, -0.05) is 50.0 Å². The lowest BCUT2D eigenvalue weighted by Gasteiger charge is -2.55. The Bertz CT molecular complexity index is 757. The molecule has 0 saturated heterocycles. The van der Waals surface area contributed by atoms with E-state index < -0.39 is 5.60 Å². The predicted octanol–water partition coefficient (Wildman–Crippen LogP) is 6.75. The van der Waals surface area contributed by atoms with Gasteiger partial charge in [0.1, 0.15) is 6.10 Å². The molecule has 0 heterocycles. The Balaban J connectivity index is 1.46. The van der Waals surface area contributed by atoms with Crippen LogP contribution in [0.5, 0.6) is 0 Å². The monoisotopic (exact) mass is 428 g/mol. The largest absolute Gasteiger partial charge is 0.462 e. The first-order chi connectivity index (χ1) is 14.5. The summed E-state index contributed by atoms with van der Waals surface area (Å²) in [5.41, 5.74) is 3.44. The van der Waals surface area contributed by atoms with Crippen LogP contribution in [0.2, 0.25) is 0 Å². The third kappa shape index (κ3) is 4.41. The Kier molecular flexibility index (Phi) is 6.22. The number of carbonyl (C=O) groups excluding carboxylic acids is 1. The Morgan fingerprint density at radius 1 is 1.10 bits per heavy atom. The van der Waals surface area contributed by atoms with Gasteiger partial charge in [-0.2, -0.15) is 0 Å². The Morgan fingerprint density at radius 2 is 1.87 bits per heavy atom. The minimum Gasteiger partial charge on any atom is -0.462 e. The first kappa shape index (κ1) is 23.1. The highest BCUT2D eigenvalue weighted by atomic mass is 16.5. The van der Waals surface area contributed by atoms with Gasteiger partial charge in [0, 0.05) is 13.3 Å². The van der Waals surface area contributed by atoms with Crippen molar-refractivity contribution >= 4 is 5.97 Å². The fourth-order valence-electron chi connectivity index (χ4n) is 7.83. The highest BCUT2D eigenvalue weighted by Crippen LogP contribution is 2.65. The van der Waals surface area contributed by atoms with Crippen LogP contribution >= 0.6 is 0 Å². The molecule has 3 heteroatoms. The van der Waals surface area contributed by atoms with Crippen LogP contribution in [0.1, 0.15) is 105 Å². The summed E-state index contributed by atoms with van der Waals surface area (Å²) in [4.78, 5) is 11.4. The predicted molar refractivity (Wildman–Crippen MR) is 125 cm³/mol. The lowest BCUT2D eigenvalue weighted by atomic mass is 9.50. The van der Waals surface area contributed by atoms with Gasteiger partial charge >= 0.3 is 5.97 Å². The van der Waals surface area contributed by atoms with Crippen molar-refractivity contribution in [2.45, 2.75) is 117 Å². The Morgan fingerprint density at radius 3 is 2.58 bits per heavy atom. The molecule has 0 aromatic carbocycles. The van der Waals surface area contributed by atoms with E-state index in [2.05, 4.69) is 26.0 Å². The van der Waals surface area contributed by atoms with E-state index in [9.17, 15) is 9.90 Å². The summed E-state index contributed by atoms with van der Waals surface area (Å²) < 4.78 is 5.57. The van der Waals surface area contributed by atoms with Crippen LogP contribution in [-0.4, -0.2) is 22.8 Å². The van der Waals surface area contributed by atoms with E-state index in [0.29, 0.717) is 11.3 Å². The molecule has 0 amide bonds. The summed E-state index contributed by atoms with van der Waals surface area (Å²) in [6, 6.07) is 0. The molecule has 0 bridgehead atoms. The molecule has 4 rings (SSSR count). The van der Waals surface area contributed by atoms with Gasteiger partial charge in [-0.3, -0.25) is 4.79 Å². The molecule has 174 valence electrons. The molecule has 4 aliphatic rings. The molecule has 1 N–H and O–H groups in total. The highest BCUT2D eigenvalue weighted by molar-refractivity contribution is 5.66. The summed E-state index contributed by atoms with van der Waals surface area (Å²) in [6.45, 7) is 10.5. The SMILES string of the molecule is CC(=O)O[C@H]1CC[C@@]2(C)C(=CC=C3[C@@H]4CC[C@H](CCCCC(C)(C)O)[C@@]4(C)CC[C@@H]32)C1. The number of rotatable bonds is 6. The molecule has 0 radical (unpaired) electrons. The molecular weight excluding hydrogens is 384 g/mol. The third-order valence-electron chi connectivity index (χ3n) is 9.65. The minimum absolute atomic E-state index is 0.0698. The van der Waals surface area contributed by atoms with Crippen molar-refractivity contribution in [1.29, 1.82) is 0 Å². The van der Waals surface area contributed by atoms with Gasteiger partial charge in [0.25, 0.3) is 0 Å². The molecule has 3 saturated carbocycles. The van der Waals surface area contributed by atoms with Crippen molar-refractivity contribution < 1.29 is 14.6 Å². The second kappa shape index (κ2) is 8.36. The van der Waals surface area contributed by atoms with Crippen LogP contribution in [0.4, 0.5) is 0 Å². The summed E-state index contributed by atoms with van der Waals surface area (Å²) in [7, 11) is 0. The zero-order valence-corrected chi connectivity index (χ0v) is 20.5. The molecule has 4 aliphatic carbocycles. The van der Waals surface area contributed by atoms with Gasteiger partial charge in [-0.05, 0) is 93.8 Å². The van der Waals surface area contributed by atoms with E-state index in [0.717, 1.165) is 43.9 Å². The molecule has 0 aromatic heterocycles. The number of allylic oxidation sites excluding steroid dienone is 3. The van der Waals surface area contributed by atoms with E-state index in [1.54, 1.807) is 5.57 Å². The number of hydrogen-bond donors (Lipinski definition) is 1. The van der Waals surface area contributed by atoms with Crippen LogP contribution in [-0.2, 0) is 9.53 Å². The fraction of sp³-hybridized carbons (Fsp3) is 0.821. The number of hydrogen-bond acceptors (Lipinski definition) is 3. The molecule has 31 heavy (non-hydrogen) atoms. The van der Waals surface area contributed by atoms with Gasteiger partial charge in [0.2, 0.25) is 0 Å². The smallest absolute Gasteiger partial charge is 0.302 e. The highest BCUT2D eigenvalue weighted by Gasteiger charge is 2.56. The summed E-state index contributed by atoms with van der Waals surface area (Å²) in [5.74, 6) is 2.11. The van der Waals surface area contributed by atoms with E-state index >= 15 is 0 Å². The maximum Gasteiger partial charge on any atom is 0.302 e. The van der Waals surface area contributed by atoms with Crippen LogP contribution in [0.25, 0.3) is 0 Å². The number of carbonyl (C=O) groups is 1. The van der Waals surface area contributed by atoms with Gasteiger partial charge in [0.15, 0.2) is 0 Å². The van der Waals surface area contributed by atoms with Crippen molar-refractivity contribution in [2.24, 2.45) is 28.6 Å². The van der Waals surface area contributed by atoms with Gasteiger partial charge in [-0.25, -0.2) is 0 Å². The number of fused-ring (bicyclic) bond motifs is 5. The molecule has 0 spiro atoms. The van der Waals surface area contributed by atoms with E-state index in [-0.39, 0.29) is 17.5 Å². The molecule has 0 aromatic rings. The number of unbranched alkanes of at least 4 members (excludes halogenated alkanes) is 1. The minimum atomic E-state index is -0.527. The number of ether oxygens (including phenoxy) is 1. The molecular formula is C28H44O3. The maximum absolute atomic E-state index is 11.4. The van der Waals surface area contributed by atoms with E-state index in [4.69, 9.17) is 4.74 Å². The molecule has 0 unspecified atom stereocenters. The Labute approximate surface area is 189 Å². The topological polar surface area (TPSA) is 46.5 Å². The summed E-state index contributed by atoms with van der Waals surface area (Å²) in [5, 5.41) is 10.0. The van der Waals surface area contributed by atoms with Gasteiger partial charge in [-0.15, -0.1) is 0 Å². The average molecular weight is 429 g/mol. The second-order valence-corrected chi connectivity index (χ2v) is 12.2. The molecule has 6 atom stereocenters. The van der Waals surface area contributed by atoms with E-state index in [1.807, 2.05) is 13.8 Å². The van der Waals surface area contributed by atoms with E-state index in [1.165, 1.54) is 51.0 Å². The van der Waals surface area contributed by atoms with Gasteiger partial charge < -0.3 is 9.84 Å². The number of esters is 1. The van der Waals surface area contributed by atoms with Gasteiger partial charge in [0.05, 0.1) is 5.60 Å². The quantitative estimate of drug-likeness (QED) is 0.376. The van der Waals surface area contributed by atoms with Crippen molar-refractivity contribution in [3.63, 3.8) is 0 Å². The maximum atomic E-state index is 11.4. The third-order valence-corrected chi connectivity index (χ3v) is 9.65. The summed E-state index contributed by atoms with van der Waals surface area (Å²) >= 11 is 0. The Hall–Kier alpha value is -1.09. The van der Waals surface area contributed by atoms with Crippen LogP contribution in [0.3, 0.4) is 0 Å². The average Bonchev–Trinajstić information content (AvgIpc) is 3.01. The lowest BCUT2D eigenvalue weighted by molar-refractivity contribution is -0.148. The zero-order valence-electron chi connectivity index (χ0n) is 20.5. The van der Waals surface area contributed by atoms with Crippen LogP contribution in [0, 0.1) is 28.6 Å². The molecule has 0 aliphatic heterocycles. The first-order valence-corrected chi connectivity index (χ1v) is 12.8. The standard InChI is InChI=1S/C28H44O3/c1-19(29)31-22-13-16-28(5)21(18-22)9-11-23-24-12-10-20(8-6-7-15-26(2,3)30)27(24,4)17-14-25(23)28/h9,11,20,22,24-25,30H,6-8,10,12-18H2,1-5H3/t20-,22-,24-,25-,27+,28-/m0/s1. The fourth-order valence-corrected chi connectivity index (χ4v) is 7.83. The zero-order chi connectivity index (χ0) is 22.4. The summed E-state index contributed by atoms with van der Waals surface area (Å²) in [6.07, 6.45) is 18.0. The number of aliphatic hydroxyl groups is 1. The van der Waals surface area contributed by atoms with Crippen molar-refractivity contribution in [1.82, 2.24) is 0 Å². The lowest BCUT2D eigenvalue weighted by Crippen LogP contribution is -2.46. The normalized spacial score (nSPS) is 39.7. The second-order valence-electron chi connectivity index (χ2n) is 12.2. The van der Waals surface area contributed by atoms with Crippen molar-refractivity contribution in [3.8, 4) is 0 Å². The van der Waals surface area contributed by atoms with Crippen molar-refractivity contribution in [2.75, 3.05) is 0 Å². The first-order valence-electron chi connectivity index (χ1n) is 12.8.